The maximum Gasteiger partial charge on any atom is 0.418 e. The summed E-state index contributed by atoms with van der Waals surface area (Å²) in [5.41, 5.74) is -0.844. The van der Waals surface area contributed by atoms with Gasteiger partial charge in [0.25, 0.3) is 11.7 Å². The molecule has 1 heterocycles. The molecule has 0 aliphatic heterocycles. The molecule has 0 bridgehead atoms. The van der Waals surface area contributed by atoms with Crippen LogP contribution in [0.15, 0.2) is 66.9 Å². The van der Waals surface area contributed by atoms with Gasteiger partial charge in [-0.05, 0) is 42.0 Å². The second-order valence-corrected chi connectivity index (χ2v) is 5.97. The van der Waals surface area contributed by atoms with Gasteiger partial charge in [0.15, 0.2) is 0 Å². The summed E-state index contributed by atoms with van der Waals surface area (Å²) < 4.78 is 53.6. The first kappa shape index (κ1) is 19.3. The van der Waals surface area contributed by atoms with Gasteiger partial charge in [0.05, 0.1) is 16.9 Å². The third kappa shape index (κ3) is 4.28. The highest BCUT2D eigenvalue weighted by Crippen LogP contribution is 2.34. The number of Topliss-reactive ketones (excluding diaryl/α,β-unsaturated/α-hetero) is 1. The van der Waals surface area contributed by atoms with E-state index in [0.29, 0.717) is 5.56 Å². The number of carbonyl (C=O) groups excluding carboxylic acids is 2. The number of nitrogens with one attached hydrogen (secondary N) is 1. The first-order chi connectivity index (χ1) is 13.3. The zero-order valence-electron chi connectivity index (χ0n) is 14.3. The Morgan fingerprint density at radius 2 is 1.61 bits per heavy atom. The topological polar surface area (TPSA) is 51.1 Å². The fourth-order valence-electron chi connectivity index (χ4n) is 2.68. The van der Waals surface area contributed by atoms with Crippen molar-refractivity contribution in [2.45, 2.75) is 12.7 Å². The molecule has 28 heavy (non-hydrogen) atoms. The molecule has 0 saturated carbocycles. The molecular formula is C20H14F4N2O2. The van der Waals surface area contributed by atoms with Gasteiger partial charge in [-0.1, -0.05) is 24.3 Å². The zero-order chi connectivity index (χ0) is 20.3. The number of carbonyl (C=O) groups is 2. The van der Waals surface area contributed by atoms with Gasteiger partial charge in [-0.3, -0.25) is 9.59 Å². The first-order valence-electron chi connectivity index (χ1n) is 8.17. The second-order valence-electron chi connectivity index (χ2n) is 5.97. The minimum Gasteiger partial charge on any atom is -0.340 e. The van der Waals surface area contributed by atoms with Crippen molar-refractivity contribution in [1.29, 1.82) is 0 Å². The van der Waals surface area contributed by atoms with Crippen molar-refractivity contribution in [1.82, 2.24) is 4.57 Å². The number of rotatable bonds is 5. The SMILES string of the molecule is O=C(Nc1ccccc1C(F)(F)F)C(=O)c1cccn1Cc1ccc(F)cc1. The molecule has 3 rings (SSSR count). The Morgan fingerprint density at radius 3 is 2.29 bits per heavy atom. The molecule has 0 saturated heterocycles. The van der Waals surface area contributed by atoms with E-state index in [2.05, 4.69) is 0 Å². The number of hydrogen-bond acceptors (Lipinski definition) is 2. The Kier molecular flexibility index (Phi) is 5.30. The van der Waals surface area contributed by atoms with Gasteiger partial charge >= 0.3 is 6.18 Å². The Hall–Kier alpha value is -3.42. The summed E-state index contributed by atoms with van der Waals surface area (Å²) >= 11 is 0. The van der Waals surface area contributed by atoms with Crippen molar-refractivity contribution in [3.05, 3.63) is 89.5 Å². The summed E-state index contributed by atoms with van der Waals surface area (Å²) in [5, 5.41) is 2.03. The maximum absolute atomic E-state index is 13.0. The minimum atomic E-state index is -4.67. The summed E-state index contributed by atoms with van der Waals surface area (Å²) in [6, 6.07) is 12.9. The lowest BCUT2D eigenvalue weighted by atomic mass is 10.1. The van der Waals surface area contributed by atoms with E-state index in [1.54, 1.807) is 6.20 Å². The number of alkyl halides is 3. The summed E-state index contributed by atoms with van der Waals surface area (Å²) in [5.74, 6) is -2.57. The van der Waals surface area contributed by atoms with Crippen molar-refractivity contribution in [2.24, 2.45) is 0 Å². The average molecular weight is 390 g/mol. The average Bonchev–Trinajstić information content (AvgIpc) is 3.10. The molecule has 0 unspecified atom stereocenters. The third-order valence-electron chi connectivity index (χ3n) is 4.02. The lowest BCUT2D eigenvalue weighted by Gasteiger charge is -2.13. The number of aromatic nitrogens is 1. The number of nitrogens with zero attached hydrogens (tertiary/aromatic N) is 1. The van der Waals surface area contributed by atoms with E-state index in [4.69, 9.17) is 0 Å². The van der Waals surface area contributed by atoms with E-state index in [1.807, 2.05) is 5.32 Å². The summed E-state index contributed by atoms with van der Waals surface area (Å²) in [6.07, 6.45) is -3.12. The molecule has 0 spiro atoms. The number of hydrogen-bond donors (Lipinski definition) is 1. The predicted octanol–water partition coefficient (Wildman–Crippen LogP) is 4.52. The maximum atomic E-state index is 13.0. The van der Waals surface area contributed by atoms with Crippen LogP contribution in [-0.2, 0) is 17.5 Å². The third-order valence-corrected chi connectivity index (χ3v) is 4.02. The van der Waals surface area contributed by atoms with Crippen LogP contribution in [0.25, 0.3) is 0 Å². The van der Waals surface area contributed by atoms with Gasteiger partial charge in [0.1, 0.15) is 5.82 Å². The van der Waals surface area contributed by atoms with Crippen LogP contribution in [0.1, 0.15) is 21.6 Å². The number of amides is 1. The van der Waals surface area contributed by atoms with E-state index in [0.717, 1.165) is 12.1 Å². The lowest BCUT2D eigenvalue weighted by molar-refractivity contribution is -0.137. The van der Waals surface area contributed by atoms with E-state index in [-0.39, 0.29) is 12.2 Å². The van der Waals surface area contributed by atoms with E-state index >= 15 is 0 Å². The molecule has 0 fully saturated rings. The fraction of sp³-hybridized carbons (Fsp3) is 0.100. The van der Waals surface area contributed by atoms with Crippen LogP contribution in [0, 0.1) is 5.82 Å². The van der Waals surface area contributed by atoms with Gasteiger partial charge in [-0.15, -0.1) is 0 Å². The molecular weight excluding hydrogens is 376 g/mol. The summed E-state index contributed by atoms with van der Waals surface area (Å²) in [6.45, 7) is 0.195. The second kappa shape index (κ2) is 7.67. The Balaban J connectivity index is 1.79. The molecule has 4 nitrogen and oxygen atoms in total. The zero-order valence-corrected chi connectivity index (χ0v) is 14.3. The van der Waals surface area contributed by atoms with Crippen molar-refractivity contribution < 1.29 is 27.2 Å². The summed E-state index contributed by atoms with van der Waals surface area (Å²) in [7, 11) is 0. The molecule has 3 aromatic rings. The number of anilines is 1. The van der Waals surface area contributed by atoms with Crippen LogP contribution >= 0.6 is 0 Å². The highest BCUT2D eigenvalue weighted by atomic mass is 19.4. The van der Waals surface area contributed by atoms with Crippen LogP contribution in [0.5, 0.6) is 0 Å². The molecule has 0 atom stereocenters. The predicted molar refractivity (Wildman–Crippen MR) is 94.3 cm³/mol. The summed E-state index contributed by atoms with van der Waals surface area (Å²) in [4.78, 5) is 24.7. The number of benzene rings is 2. The standard InChI is InChI=1S/C20H14F4N2O2/c21-14-9-7-13(8-10-14)12-26-11-3-6-17(26)18(27)19(28)25-16-5-2-1-4-15(16)20(22,23)24/h1-11H,12H2,(H,25,28). The Bertz CT molecular complexity index is 1010. The molecule has 1 amide bonds. The molecule has 2 aromatic carbocycles. The van der Waals surface area contributed by atoms with Gasteiger partial charge in [0, 0.05) is 12.7 Å². The minimum absolute atomic E-state index is 0.00585. The largest absolute Gasteiger partial charge is 0.418 e. The molecule has 1 aromatic heterocycles. The van der Waals surface area contributed by atoms with Crippen LogP contribution in [0.4, 0.5) is 23.2 Å². The Labute approximate surface area is 157 Å². The number of para-hydroxylation sites is 1. The Morgan fingerprint density at radius 1 is 0.929 bits per heavy atom. The lowest BCUT2D eigenvalue weighted by Crippen LogP contribution is -2.26. The smallest absolute Gasteiger partial charge is 0.340 e. The molecule has 144 valence electrons. The van der Waals surface area contributed by atoms with Crippen LogP contribution in [0.3, 0.4) is 0 Å². The quantitative estimate of drug-likeness (QED) is 0.396. The molecule has 8 heteroatoms. The van der Waals surface area contributed by atoms with Gasteiger partial charge < -0.3 is 9.88 Å². The normalized spacial score (nSPS) is 11.3. The van der Waals surface area contributed by atoms with Gasteiger partial charge in [-0.25, -0.2) is 4.39 Å². The fourth-order valence-corrected chi connectivity index (χ4v) is 2.68. The number of ketones is 1. The van der Waals surface area contributed by atoms with Crippen LogP contribution in [0.2, 0.25) is 0 Å². The van der Waals surface area contributed by atoms with Crippen LogP contribution < -0.4 is 5.32 Å². The van der Waals surface area contributed by atoms with Crippen molar-refractivity contribution in [3.63, 3.8) is 0 Å². The first-order valence-corrected chi connectivity index (χ1v) is 8.17. The van der Waals surface area contributed by atoms with Crippen molar-refractivity contribution in [3.8, 4) is 0 Å². The van der Waals surface area contributed by atoms with Crippen molar-refractivity contribution in [2.75, 3.05) is 5.32 Å². The van der Waals surface area contributed by atoms with Crippen LogP contribution in [-0.4, -0.2) is 16.3 Å². The molecule has 0 aliphatic carbocycles. The number of halogens is 4. The van der Waals surface area contributed by atoms with Gasteiger partial charge in [-0.2, -0.15) is 13.2 Å². The molecule has 1 N–H and O–H groups in total. The molecule has 0 radical (unpaired) electrons. The molecule has 0 aliphatic rings. The highest BCUT2D eigenvalue weighted by molar-refractivity contribution is 6.46. The van der Waals surface area contributed by atoms with E-state index < -0.39 is 34.9 Å². The van der Waals surface area contributed by atoms with Crippen molar-refractivity contribution >= 4 is 17.4 Å². The van der Waals surface area contributed by atoms with E-state index in [9.17, 15) is 27.2 Å². The van der Waals surface area contributed by atoms with Gasteiger partial charge in [0.2, 0.25) is 0 Å². The van der Waals surface area contributed by atoms with E-state index in [1.165, 1.54) is 53.1 Å². The monoisotopic (exact) mass is 390 g/mol. The highest BCUT2D eigenvalue weighted by Gasteiger charge is 2.34.